The van der Waals surface area contributed by atoms with E-state index in [2.05, 4.69) is 10.5 Å². The Hall–Kier alpha value is -2.42. The minimum Gasteiger partial charge on any atom is -0.512 e. The molecule has 0 spiro atoms. The Kier molecular flexibility index (Phi) is 6.26. The van der Waals surface area contributed by atoms with Crippen molar-refractivity contribution in [3.05, 3.63) is 47.2 Å². The Morgan fingerprint density at radius 3 is 2.52 bits per heavy atom. The first-order valence-electron chi connectivity index (χ1n) is 9.41. The quantitative estimate of drug-likeness (QED) is 0.693. The zero-order valence-electron chi connectivity index (χ0n) is 16.5. The number of hydrogen-bond acceptors (Lipinski definition) is 6. The summed E-state index contributed by atoms with van der Waals surface area (Å²) in [4.78, 5) is 0. The van der Waals surface area contributed by atoms with Gasteiger partial charge in [0, 0.05) is 30.9 Å². The van der Waals surface area contributed by atoms with E-state index < -0.39 is 29.8 Å². The van der Waals surface area contributed by atoms with Crippen LogP contribution in [0.25, 0.3) is 0 Å². The molecule has 4 unspecified atom stereocenters. The van der Waals surface area contributed by atoms with Gasteiger partial charge in [0.2, 0.25) is 0 Å². The number of methoxy groups -OCH3 is 2. The van der Waals surface area contributed by atoms with Gasteiger partial charge < -0.3 is 24.7 Å². The van der Waals surface area contributed by atoms with Crippen LogP contribution in [0.3, 0.4) is 0 Å². The zero-order chi connectivity index (χ0) is 21.2. The van der Waals surface area contributed by atoms with Gasteiger partial charge in [0.05, 0.1) is 26.4 Å². The number of hydrazone groups is 1. The van der Waals surface area contributed by atoms with Gasteiger partial charge in [0.1, 0.15) is 17.2 Å². The highest BCUT2D eigenvalue weighted by Crippen LogP contribution is 2.41. The second-order valence-corrected chi connectivity index (χ2v) is 7.01. The van der Waals surface area contributed by atoms with E-state index >= 15 is 0 Å². The maximum atomic E-state index is 13.7. The molecule has 0 radical (unpaired) electrons. The van der Waals surface area contributed by atoms with Gasteiger partial charge in [-0.2, -0.15) is 18.3 Å². The lowest BCUT2D eigenvalue weighted by Crippen LogP contribution is -2.42. The summed E-state index contributed by atoms with van der Waals surface area (Å²) in [7, 11) is 2.94. The van der Waals surface area contributed by atoms with Gasteiger partial charge in [-0.1, -0.05) is 18.2 Å². The molecule has 6 nitrogen and oxygen atoms in total. The normalized spacial score (nSPS) is 29.8. The molecular formula is C20H25F3N2O4. The van der Waals surface area contributed by atoms with E-state index in [0.29, 0.717) is 23.7 Å². The number of halogens is 3. The molecule has 0 fully saturated rings. The predicted molar refractivity (Wildman–Crippen MR) is 101 cm³/mol. The summed E-state index contributed by atoms with van der Waals surface area (Å²) in [5, 5.41) is 14.1. The highest BCUT2D eigenvalue weighted by Gasteiger charge is 2.51. The van der Waals surface area contributed by atoms with Gasteiger partial charge in [0.15, 0.2) is 5.76 Å². The Labute approximate surface area is 167 Å². The number of aliphatic hydroxyl groups excluding tert-OH is 1. The van der Waals surface area contributed by atoms with E-state index in [4.69, 9.17) is 14.2 Å². The molecule has 3 rings (SSSR count). The largest absolute Gasteiger partial charge is 0.512 e. The van der Waals surface area contributed by atoms with Crippen LogP contribution in [-0.4, -0.2) is 50.0 Å². The third-order valence-corrected chi connectivity index (χ3v) is 5.34. The zero-order valence-corrected chi connectivity index (χ0v) is 16.5. The van der Waals surface area contributed by atoms with Crippen LogP contribution in [0, 0.1) is 11.8 Å². The lowest BCUT2D eigenvalue weighted by Gasteiger charge is -2.32. The topological polar surface area (TPSA) is 72.3 Å². The molecule has 0 aromatic rings. The van der Waals surface area contributed by atoms with E-state index in [0.717, 1.165) is 0 Å². The van der Waals surface area contributed by atoms with E-state index in [1.807, 2.05) is 6.92 Å². The van der Waals surface area contributed by atoms with Crippen LogP contribution in [0.1, 0.15) is 19.8 Å². The third-order valence-electron chi connectivity index (χ3n) is 5.34. The summed E-state index contributed by atoms with van der Waals surface area (Å²) in [6, 6.07) is -0.817. The Morgan fingerprint density at radius 1 is 1.17 bits per heavy atom. The SMILES string of the molecule is CCOC1C=CC(C2NN=C(C(F)(F)F)C2C2C=CC(OC)=C(OC)C2)=C(O)C1. The molecule has 160 valence electrons. The van der Waals surface area contributed by atoms with E-state index in [-0.39, 0.29) is 24.7 Å². The summed E-state index contributed by atoms with van der Waals surface area (Å²) in [5.74, 6) is -0.605. The molecule has 0 amide bonds. The number of nitrogens with zero attached hydrogens (tertiary/aromatic N) is 1. The maximum Gasteiger partial charge on any atom is 0.431 e. The average Bonchev–Trinajstić information content (AvgIpc) is 3.13. The van der Waals surface area contributed by atoms with Crippen molar-refractivity contribution >= 4 is 5.71 Å². The molecule has 2 aliphatic carbocycles. The molecule has 0 saturated heterocycles. The van der Waals surface area contributed by atoms with Gasteiger partial charge in [0.25, 0.3) is 0 Å². The van der Waals surface area contributed by atoms with E-state index in [1.165, 1.54) is 14.2 Å². The van der Waals surface area contributed by atoms with E-state index in [1.54, 1.807) is 24.3 Å². The summed E-state index contributed by atoms with van der Waals surface area (Å²) in [5.41, 5.74) is 2.10. The van der Waals surface area contributed by atoms with Crippen molar-refractivity contribution in [3.63, 3.8) is 0 Å². The third kappa shape index (κ3) is 4.29. The number of aliphatic hydroxyl groups is 1. The average molecular weight is 414 g/mol. The first-order chi connectivity index (χ1) is 13.8. The molecule has 0 aromatic heterocycles. The number of allylic oxidation sites excluding steroid dienone is 3. The first-order valence-corrected chi connectivity index (χ1v) is 9.41. The second kappa shape index (κ2) is 8.52. The summed E-state index contributed by atoms with van der Waals surface area (Å²) >= 11 is 0. The lowest BCUT2D eigenvalue weighted by molar-refractivity contribution is -0.0632. The van der Waals surface area contributed by atoms with Gasteiger partial charge in [-0.05, 0) is 18.9 Å². The number of alkyl halides is 3. The lowest BCUT2D eigenvalue weighted by atomic mass is 9.75. The number of hydrogen-bond donors (Lipinski definition) is 2. The maximum absolute atomic E-state index is 13.7. The summed E-state index contributed by atoms with van der Waals surface area (Å²) in [6.45, 7) is 2.32. The molecule has 0 aromatic carbocycles. The minimum absolute atomic E-state index is 0.00644. The van der Waals surface area contributed by atoms with Crippen LogP contribution in [-0.2, 0) is 14.2 Å². The van der Waals surface area contributed by atoms with Crippen LogP contribution < -0.4 is 5.43 Å². The van der Waals surface area contributed by atoms with Gasteiger partial charge >= 0.3 is 6.18 Å². The van der Waals surface area contributed by atoms with Crippen molar-refractivity contribution in [2.75, 3.05) is 20.8 Å². The number of ether oxygens (including phenoxy) is 3. The highest BCUT2D eigenvalue weighted by molar-refractivity contribution is 5.94. The summed E-state index contributed by atoms with van der Waals surface area (Å²) in [6.07, 6.45) is 2.22. The van der Waals surface area contributed by atoms with Gasteiger partial charge in [-0.15, -0.1) is 0 Å². The Morgan fingerprint density at radius 2 is 1.93 bits per heavy atom. The molecule has 4 atom stereocenters. The molecule has 1 heterocycles. The van der Waals surface area contributed by atoms with Crippen molar-refractivity contribution < 1.29 is 32.5 Å². The Balaban J connectivity index is 1.91. The molecule has 9 heteroatoms. The standard InChI is InChI=1S/C20H25F3N2O4/c1-4-29-12-6-7-13(14(26)10-12)18-17(19(25-24-18)20(21,22)23)11-5-8-15(27-2)16(9-11)28-3/h5-8,11-12,17-18,24,26H,4,9-10H2,1-3H3. The minimum atomic E-state index is -4.60. The van der Waals surface area contributed by atoms with Crippen LogP contribution >= 0.6 is 0 Å². The molecule has 0 bridgehead atoms. The predicted octanol–water partition coefficient (Wildman–Crippen LogP) is 3.75. The van der Waals surface area contributed by atoms with Gasteiger partial charge in [-0.3, -0.25) is 0 Å². The van der Waals surface area contributed by atoms with Crippen molar-refractivity contribution in [2.45, 2.75) is 38.1 Å². The van der Waals surface area contributed by atoms with E-state index in [9.17, 15) is 18.3 Å². The molecule has 0 saturated carbocycles. The molecular weight excluding hydrogens is 389 g/mol. The van der Waals surface area contributed by atoms with Crippen LogP contribution in [0.2, 0.25) is 0 Å². The van der Waals surface area contributed by atoms with Crippen LogP contribution in [0.5, 0.6) is 0 Å². The Bertz CT molecular complexity index is 783. The fourth-order valence-electron chi connectivity index (χ4n) is 4.01. The monoisotopic (exact) mass is 414 g/mol. The van der Waals surface area contributed by atoms with Crippen molar-refractivity contribution in [2.24, 2.45) is 16.9 Å². The van der Waals surface area contributed by atoms with Crippen LogP contribution in [0.4, 0.5) is 13.2 Å². The van der Waals surface area contributed by atoms with Crippen molar-refractivity contribution in [1.29, 1.82) is 0 Å². The van der Waals surface area contributed by atoms with Crippen molar-refractivity contribution in [3.8, 4) is 0 Å². The van der Waals surface area contributed by atoms with Gasteiger partial charge in [-0.25, -0.2) is 0 Å². The second-order valence-electron chi connectivity index (χ2n) is 7.01. The number of nitrogens with one attached hydrogen (secondary N) is 1. The number of rotatable bonds is 6. The highest BCUT2D eigenvalue weighted by atomic mass is 19.4. The molecule has 3 aliphatic rings. The summed E-state index contributed by atoms with van der Waals surface area (Å²) < 4.78 is 57.1. The van der Waals surface area contributed by atoms with Crippen molar-refractivity contribution in [1.82, 2.24) is 5.43 Å². The first kappa shape index (κ1) is 21.3. The molecule has 2 N–H and O–H groups in total. The fraction of sp³-hybridized carbons (Fsp3) is 0.550. The fourth-order valence-corrected chi connectivity index (χ4v) is 4.01. The molecule has 29 heavy (non-hydrogen) atoms. The smallest absolute Gasteiger partial charge is 0.431 e. The van der Waals surface area contributed by atoms with Crippen LogP contribution in [0.15, 0.2) is 52.3 Å². The molecule has 1 aliphatic heterocycles.